The zero-order chi connectivity index (χ0) is 14.5. The zero-order valence-corrected chi connectivity index (χ0v) is 11.3. The van der Waals surface area contributed by atoms with Crippen molar-refractivity contribution in [1.29, 1.82) is 0 Å². The van der Waals surface area contributed by atoms with E-state index in [0.717, 1.165) is 26.1 Å². The molecule has 0 aromatic heterocycles. The molecule has 1 fully saturated rings. The molecule has 2 rings (SSSR count). The molecule has 1 aromatic rings. The third-order valence-corrected chi connectivity index (χ3v) is 3.40. The van der Waals surface area contributed by atoms with E-state index in [-0.39, 0.29) is 11.7 Å². The lowest BCUT2D eigenvalue weighted by molar-refractivity contribution is -0.384. The van der Waals surface area contributed by atoms with Crippen molar-refractivity contribution >= 4 is 17.4 Å². The first-order valence-corrected chi connectivity index (χ1v) is 6.55. The van der Waals surface area contributed by atoms with Crippen molar-refractivity contribution in [3.63, 3.8) is 0 Å². The Morgan fingerprint density at radius 3 is 2.75 bits per heavy atom. The van der Waals surface area contributed by atoms with Crippen LogP contribution in [0.1, 0.15) is 6.42 Å². The van der Waals surface area contributed by atoms with Crippen molar-refractivity contribution in [3.05, 3.63) is 34.4 Å². The minimum atomic E-state index is -0.464. The first-order chi connectivity index (χ1) is 9.60. The number of carbonyl (C=O) groups excluding carboxylic acids is 1. The molecular formula is C13H18N4O3. The number of carbonyl (C=O) groups is 1. The Morgan fingerprint density at radius 1 is 1.45 bits per heavy atom. The Morgan fingerprint density at radius 2 is 2.15 bits per heavy atom. The van der Waals surface area contributed by atoms with Crippen molar-refractivity contribution < 1.29 is 9.72 Å². The number of hydrogen-bond acceptors (Lipinski definition) is 4. The van der Waals surface area contributed by atoms with Gasteiger partial charge in [0.1, 0.15) is 0 Å². The summed E-state index contributed by atoms with van der Waals surface area (Å²) in [5.74, 6) is 0.489. The highest BCUT2D eigenvalue weighted by molar-refractivity contribution is 5.89. The molecule has 7 heteroatoms. The van der Waals surface area contributed by atoms with Crippen molar-refractivity contribution in [3.8, 4) is 0 Å². The number of nitrogens with one attached hydrogen (secondary N) is 2. The zero-order valence-electron chi connectivity index (χ0n) is 11.3. The van der Waals surface area contributed by atoms with E-state index in [1.807, 2.05) is 7.05 Å². The van der Waals surface area contributed by atoms with Crippen molar-refractivity contribution in [1.82, 2.24) is 10.2 Å². The molecule has 7 nitrogen and oxygen atoms in total. The van der Waals surface area contributed by atoms with Gasteiger partial charge in [-0.2, -0.15) is 0 Å². The fraction of sp³-hybridized carbons (Fsp3) is 0.462. The van der Waals surface area contributed by atoms with Gasteiger partial charge in [0.2, 0.25) is 0 Å². The van der Waals surface area contributed by atoms with Gasteiger partial charge >= 0.3 is 6.03 Å². The largest absolute Gasteiger partial charge is 0.324 e. The molecule has 0 saturated carbocycles. The summed E-state index contributed by atoms with van der Waals surface area (Å²) >= 11 is 0. The van der Waals surface area contributed by atoms with Crippen LogP contribution in [0.15, 0.2) is 24.3 Å². The summed E-state index contributed by atoms with van der Waals surface area (Å²) in [7, 11) is 1.90. The number of amides is 2. The Kier molecular flexibility index (Phi) is 4.52. The number of nitro benzene ring substituents is 1. The van der Waals surface area contributed by atoms with Crippen LogP contribution in [0, 0.1) is 16.0 Å². The van der Waals surface area contributed by atoms with Gasteiger partial charge in [0, 0.05) is 30.9 Å². The molecule has 0 spiro atoms. The van der Waals surface area contributed by atoms with Gasteiger partial charge in [-0.1, -0.05) is 0 Å². The summed E-state index contributed by atoms with van der Waals surface area (Å²) in [6, 6.07) is 5.68. The van der Waals surface area contributed by atoms with Crippen LogP contribution in [0.3, 0.4) is 0 Å². The maximum Gasteiger partial charge on any atom is 0.321 e. The van der Waals surface area contributed by atoms with Gasteiger partial charge in [-0.25, -0.2) is 4.79 Å². The first kappa shape index (κ1) is 14.3. The summed E-state index contributed by atoms with van der Waals surface area (Å²) in [6.07, 6.45) is 0.995. The van der Waals surface area contributed by atoms with Crippen LogP contribution in [-0.2, 0) is 0 Å². The quantitative estimate of drug-likeness (QED) is 0.647. The van der Waals surface area contributed by atoms with Gasteiger partial charge < -0.3 is 15.5 Å². The summed E-state index contributed by atoms with van der Waals surface area (Å²) in [4.78, 5) is 23.9. The van der Waals surface area contributed by atoms with E-state index in [1.165, 1.54) is 24.3 Å². The Balaban J connectivity index is 1.90. The number of benzene rings is 1. The molecule has 1 aliphatic heterocycles. The maximum atomic E-state index is 12.0. The van der Waals surface area contributed by atoms with E-state index >= 15 is 0 Å². The summed E-state index contributed by atoms with van der Waals surface area (Å²) in [5.41, 5.74) is 0.580. The number of non-ortho nitro benzene ring substituents is 1. The number of rotatable bonds is 4. The smallest absolute Gasteiger partial charge is 0.321 e. The molecule has 0 bridgehead atoms. The Hall–Kier alpha value is -2.15. The van der Waals surface area contributed by atoms with Crippen molar-refractivity contribution in [2.24, 2.45) is 5.92 Å². The van der Waals surface area contributed by atoms with E-state index in [1.54, 1.807) is 4.90 Å². The monoisotopic (exact) mass is 278 g/mol. The van der Waals surface area contributed by atoms with Gasteiger partial charge in [-0.3, -0.25) is 10.1 Å². The van der Waals surface area contributed by atoms with Crippen LogP contribution in [0.25, 0.3) is 0 Å². The lowest BCUT2D eigenvalue weighted by Gasteiger charge is -2.17. The molecule has 1 aromatic carbocycles. The van der Waals surface area contributed by atoms with Gasteiger partial charge in [0.05, 0.1) is 4.92 Å². The predicted octanol–water partition coefficient (Wildman–Crippen LogP) is 1.67. The fourth-order valence-corrected chi connectivity index (χ4v) is 2.34. The highest BCUT2D eigenvalue weighted by atomic mass is 16.6. The lowest BCUT2D eigenvalue weighted by atomic mass is 10.1. The van der Waals surface area contributed by atoms with Crippen molar-refractivity contribution in [2.75, 3.05) is 32.0 Å². The van der Waals surface area contributed by atoms with E-state index in [9.17, 15) is 14.9 Å². The van der Waals surface area contributed by atoms with E-state index in [4.69, 9.17) is 0 Å². The Bertz CT molecular complexity index is 489. The number of anilines is 1. The maximum absolute atomic E-state index is 12.0. The molecule has 1 atom stereocenters. The molecule has 1 heterocycles. The topological polar surface area (TPSA) is 87.5 Å². The molecule has 1 aliphatic rings. The molecule has 20 heavy (non-hydrogen) atoms. The van der Waals surface area contributed by atoms with E-state index in [0.29, 0.717) is 11.6 Å². The SMILES string of the molecule is CNCC1CCN(C(=O)Nc2ccc([N+](=O)[O-])cc2)C1. The summed E-state index contributed by atoms with van der Waals surface area (Å²) < 4.78 is 0. The third-order valence-electron chi connectivity index (χ3n) is 3.40. The highest BCUT2D eigenvalue weighted by Crippen LogP contribution is 2.19. The van der Waals surface area contributed by atoms with E-state index in [2.05, 4.69) is 10.6 Å². The molecule has 1 unspecified atom stereocenters. The lowest BCUT2D eigenvalue weighted by Crippen LogP contribution is -2.33. The number of urea groups is 1. The number of nitrogens with zero attached hydrogens (tertiary/aromatic N) is 2. The van der Waals surface area contributed by atoms with E-state index < -0.39 is 4.92 Å². The van der Waals surface area contributed by atoms with Crippen LogP contribution in [0.4, 0.5) is 16.2 Å². The van der Waals surface area contributed by atoms with Crippen LogP contribution in [0.5, 0.6) is 0 Å². The number of nitro groups is 1. The van der Waals surface area contributed by atoms with Gasteiger partial charge in [-0.05, 0) is 38.1 Å². The predicted molar refractivity (Wildman–Crippen MR) is 75.7 cm³/mol. The number of hydrogen-bond donors (Lipinski definition) is 2. The molecule has 1 saturated heterocycles. The van der Waals surface area contributed by atoms with Crippen LogP contribution >= 0.6 is 0 Å². The normalized spacial score (nSPS) is 18.1. The van der Waals surface area contributed by atoms with Gasteiger partial charge in [0.15, 0.2) is 0 Å². The second-order valence-corrected chi connectivity index (χ2v) is 4.89. The van der Waals surface area contributed by atoms with Gasteiger partial charge in [0.25, 0.3) is 5.69 Å². The highest BCUT2D eigenvalue weighted by Gasteiger charge is 2.25. The van der Waals surface area contributed by atoms with Crippen LogP contribution < -0.4 is 10.6 Å². The average Bonchev–Trinajstić information content (AvgIpc) is 2.88. The minimum absolute atomic E-state index is 0.0123. The Labute approximate surface area is 117 Å². The standard InChI is InChI=1S/C13H18N4O3/c1-14-8-10-6-7-16(9-10)13(18)15-11-2-4-12(5-3-11)17(19)20/h2-5,10,14H,6-9H2,1H3,(H,15,18). The molecular weight excluding hydrogens is 260 g/mol. The van der Waals surface area contributed by atoms with Gasteiger partial charge in [-0.15, -0.1) is 0 Å². The molecule has 2 N–H and O–H groups in total. The molecule has 0 aliphatic carbocycles. The third kappa shape index (κ3) is 3.45. The second-order valence-electron chi connectivity index (χ2n) is 4.89. The first-order valence-electron chi connectivity index (χ1n) is 6.55. The number of likely N-dealkylation sites (tertiary alicyclic amines) is 1. The summed E-state index contributed by atoms with van der Waals surface area (Å²) in [5, 5.41) is 16.4. The van der Waals surface area contributed by atoms with Crippen LogP contribution in [0.2, 0.25) is 0 Å². The van der Waals surface area contributed by atoms with Crippen LogP contribution in [-0.4, -0.2) is 42.5 Å². The minimum Gasteiger partial charge on any atom is -0.324 e. The fourth-order valence-electron chi connectivity index (χ4n) is 2.34. The average molecular weight is 278 g/mol. The van der Waals surface area contributed by atoms with Crippen molar-refractivity contribution in [2.45, 2.75) is 6.42 Å². The molecule has 108 valence electrons. The second kappa shape index (κ2) is 6.33. The molecule has 2 amide bonds. The molecule has 0 radical (unpaired) electrons. The summed E-state index contributed by atoms with van der Waals surface area (Å²) in [6.45, 7) is 2.38.